The lowest BCUT2D eigenvalue weighted by atomic mass is 9.80. The second kappa shape index (κ2) is 23.8. The van der Waals surface area contributed by atoms with Gasteiger partial charge in [-0.15, -0.1) is 0 Å². The van der Waals surface area contributed by atoms with E-state index in [1.807, 2.05) is 0 Å². The number of unbranched alkanes of at least 4 members (excludes halogenated alkanes) is 16. The molecule has 2 aliphatic heterocycles. The number of rotatable bonds is 30. The van der Waals surface area contributed by atoms with E-state index in [4.69, 9.17) is 8.83 Å². The third-order valence-corrected chi connectivity index (χ3v) is 13.6. The molecule has 2 aromatic heterocycles. The number of nitrogens with zero attached hydrogens (tertiary/aromatic N) is 2. The molecule has 0 saturated carbocycles. The van der Waals surface area contributed by atoms with E-state index >= 15 is 9.59 Å². The molecular weight excluding hydrogens is 773 g/mol. The summed E-state index contributed by atoms with van der Waals surface area (Å²) < 4.78 is 12.0. The monoisotopic (exact) mass is 847 g/mol. The van der Waals surface area contributed by atoms with Gasteiger partial charge in [-0.2, -0.15) is 0 Å². The minimum atomic E-state index is -0.396. The molecule has 6 rings (SSSR count). The van der Waals surface area contributed by atoms with Crippen molar-refractivity contribution in [1.82, 2.24) is 9.80 Å². The van der Waals surface area contributed by atoms with Crippen LogP contribution in [0, 0.1) is 11.8 Å². The number of hydrogen-bond donors (Lipinski definition) is 0. The molecule has 2 aromatic carbocycles. The summed E-state index contributed by atoms with van der Waals surface area (Å²) in [7, 11) is 0. The zero-order valence-electron chi connectivity index (χ0n) is 38.5. The molecule has 62 heavy (non-hydrogen) atoms. The summed E-state index contributed by atoms with van der Waals surface area (Å²) in [5.74, 6) is -0.350. The van der Waals surface area contributed by atoms with E-state index in [-0.39, 0.29) is 23.7 Å². The summed E-state index contributed by atoms with van der Waals surface area (Å²) >= 11 is 0. The molecule has 0 saturated heterocycles. The highest BCUT2D eigenvalue weighted by Gasteiger charge is 2.44. The number of carbonyl (C=O) groups excluding carboxylic acids is 4. The lowest BCUT2D eigenvalue weighted by Crippen LogP contribution is -2.46. The summed E-state index contributed by atoms with van der Waals surface area (Å²) in [6.45, 7) is 9.52. The molecule has 4 amide bonds. The molecule has 4 aromatic rings. The van der Waals surface area contributed by atoms with Crippen LogP contribution in [0.1, 0.15) is 223 Å². The Bertz CT molecular complexity index is 1920. The van der Waals surface area contributed by atoms with Gasteiger partial charge in [0, 0.05) is 46.1 Å². The van der Waals surface area contributed by atoms with Gasteiger partial charge < -0.3 is 8.83 Å². The van der Waals surface area contributed by atoms with E-state index in [1.54, 1.807) is 48.9 Å². The maximum atomic E-state index is 15.1. The molecular formula is C54H74N2O6. The first-order chi connectivity index (χ1) is 30.3. The number of hydrogen-bond acceptors (Lipinski definition) is 6. The standard InChI is InChI=1S/C54H74N2O6/c1-5-9-13-17-19-23-29-39(27-21-15-11-7-3)37-55-51(57)43-35-42(46-32-26-34-62-46)50-48-44(36-41(45-31-25-33-61-45)49(47(43)48)53(55)59)52(58)56(54(50)60)38-40(28-22-16-12-8-4)30-24-20-18-14-10-6-2/h25-26,31-36,39-40H,5-24,27-30,37-38H2,1-4H3. The minimum absolute atomic E-state index is 0.167. The van der Waals surface area contributed by atoms with E-state index in [9.17, 15) is 9.59 Å². The van der Waals surface area contributed by atoms with Crippen LogP contribution in [0.4, 0.5) is 0 Å². The number of imide groups is 2. The summed E-state index contributed by atoms with van der Waals surface area (Å²) in [5.41, 5.74) is 2.20. The van der Waals surface area contributed by atoms with Crippen molar-refractivity contribution in [1.29, 1.82) is 0 Å². The van der Waals surface area contributed by atoms with Crippen LogP contribution in [0.25, 0.3) is 33.4 Å². The van der Waals surface area contributed by atoms with Crippen molar-refractivity contribution < 1.29 is 28.0 Å². The second-order valence-corrected chi connectivity index (χ2v) is 18.4. The van der Waals surface area contributed by atoms with Gasteiger partial charge in [0.15, 0.2) is 0 Å². The van der Waals surface area contributed by atoms with Crippen LogP contribution in [0.3, 0.4) is 0 Å². The topological polar surface area (TPSA) is 101 Å². The highest BCUT2D eigenvalue weighted by atomic mass is 16.3. The Morgan fingerprint density at radius 1 is 0.419 bits per heavy atom. The van der Waals surface area contributed by atoms with Crippen molar-refractivity contribution in [2.75, 3.05) is 13.1 Å². The zero-order chi connectivity index (χ0) is 43.8. The predicted molar refractivity (Wildman–Crippen MR) is 251 cm³/mol. The Kier molecular flexibility index (Phi) is 18.1. The molecule has 336 valence electrons. The lowest BCUT2D eigenvalue weighted by molar-refractivity contribution is 0.0557. The third kappa shape index (κ3) is 11.2. The number of furan rings is 2. The van der Waals surface area contributed by atoms with E-state index in [1.165, 1.54) is 74.0 Å². The SMILES string of the molecule is CCCCCCCCC(CCCCCC)CN1C(=O)c2cc(-c3ccco3)c3c4c(cc(-c5ccco5)c(c24)C1=O)C(=O)N(CC(CCCCCC)CCCCCCCC)C3=O. The van der Waals surface area contributed by atoms with Crippen molar-refractivity contribution in [3.05, 3.63) is 71.2 Å². The average Bonchev–Trinajstić information content (AvgIpc) is 4.03. The minimum Gasteiger partial charge on any atom is -0.464 e. The maximum Gasteiger partial charge on any atom is 0.262 e. The van der Waals surface area contributed by atoms with Crippen LogP contribution in [-0.2, 0) is 0 Å². The molecule has 0 N–H and O–H groups in total. The summed E-state index contributed by atoms with van der Waals surface area (Å²) in [6.07, 6.45) is 30.2. The van der Waals surface area contributed by atoms with E-state index in [0.29, 0.717) is 68.8 Å². The molecule has 0 radical (unpaired) electrons. The van der Waals surface area contributed by atoms with Crippen molar-refractivity contribution in [2.45, 2.75) is 182 Å². The van der Waals surface area contributed by atoms with Gasteiger partial charge >= 0.3 is 0 Å². The summed E-state index contributed by atoms with van der Waals surface area (Å²) in [6, 6.07) is 10.7. The predicted octanol–water partition coefficient (Wildman–Crippen LogP) is 15.2. The Labute approximate surface area is 371 Å². The average molecular weight is 847 g/mol. The van der Waals surface area contributed by atoms with Gasteiger partial charge in [0.1, 0.15) is 11.5 Å². The van der Waals surface area contributed by atoms with Gasteiger partial charge in [0.2, 0.25) is 0 Å². The van der Waals surface area contributed by atoms with Gasteiger partial charge in [-0.3, -0.25) is 29.0 Å². The van der Waals surface area contributed by atoms with Crippen LogP contribution in [0.2, 0.25) is 0 Å². The first kappa shape index (κ1) is 47.0. The quantitative estimate of drug-likeness (QED) is 0.0383. The Morgan fingerprint density at radius 2 is 0.742 bits per heavy atom. The van der Waals surface area contributed by atoms with Gasteiger partial charge in [-0.05, 0) is 73.9 Å². The highest BCUT2D eigenvalue weighted by molar-refractivity contribution is 6.36. The lowest BCUT2D eigenvalue weighted by Gasteiger charge is -2.36. The fraction of sp³-hybridized carbons (Fsp3) is 0.593. The summed E-state index contributed by atoms with van der Waals surface area (Å²) in [5, 5.41) is 0.732. The van der Waals surface area contributed by atoms with Gasteiger partial charge in [0.25, 0.3) is 23.6 Å². The van der Waals surface area contributed by atoms with Crippen LogP contribution in [-0.4, -0.2) is 46.5 Å². The first-order valence-electron chi connectivity index (χ1n) is 24.8. The normalized spacial score (nSPS) is 14.8. The molecule has 8 nitrogen and oxygen atoms in total. The van der Waals surface area contributed by atoms with Crippen molar-refractivity contribution >= 4 is 34.4 Å². The van der Waals surface area contributed by atoms with Crippen LogP contribution < -0.4 is 0 Å². The van der Waals surface area contributed by atoms with Crippen LogP contribution in [0.5, 0.6) is 0 Å². The molecule has 0 aliphatic carbocycles. The van der Waals surface area contributed by atoms with E-state index < -0.39 is 11.8 Å². The highest BCUT2D eigenvalue weighted by Crippen LogP contribution is 2.47. The van der Waals surface area contributed by atoms with Crippen molar-refractivity contribution in [3.8, 4) is 22.6 Å². The molecule has 2 atom stereocenters. The molecule has 8 heteroatoms. The van der Waals surface area contributed by atoms with Crippen molar-refractivity contribution in [2.24, 2.45) is 11.8 Å². The molecule has 4 heterocycles. The Hall–Kier alpha value is -4.46. The van der Waals surface area contributed by atoms with E-state index in [2.05, 4.69) is 27.7 Å². The number of benzene rings is 2. The fourth-order valence-corrected chi connectivity index (χ4v) is 10.1. The number of carbonyl (C=O) groups is 4. The summed E-state index contributed by atoms with van der Waals surface area (Å²) in [4.78, 5) is 63.1. The molecule has 0 spiro atoms. The van der Waals surface area contributed by atoms with Crippen molar-refractivity contribution in [3.63, 3.8) is 0 Å². The zero-order valence-corrected chi connectivity index (χ0v) is 38.5. The smallest absolute Gasteiger partial charge is 0.262 e. The van der Waals surface area contributed by atoms with Crippen LogP contribution >= 0.6 is 0 Å². The van der Waals surface area contributed by atoms with Gasteiger partial charge in [-0.1, -0.05) is 156 Å². The Morgan fingerprint density at radius 3 is 1.06 bits per heavy atom. The molecule has 0 fully saturated rings. The van der Waals surface area contributed by atoms with Gasteiger partial charge in [0.05, 0.1) is 23.7 Å². The largest absolute Gasteiger partial charge is 0.464 e. The van der Waals surface area contributed by atoms with E-state index in [0.717, 1.165) is 89.9 Å². The maximum absolute atomic E-state index is 15.1. The first-order valence-corrected chi connectivity index (χ1v) is 24.8. The van der Waals surface area contributed by atoms with Gasteiger partial charge in [-0.25, -0.2) is 0 Å². The molecule has 0 bridgehead atoms. The molecule has 2 unspecified atom stereocenters. The second-order valence-electron chi connectivity index (χ2n) is 18.4. The number of amides is 4. The fourth-order valence-electron chi connectivity index (χ4n) is 10.1. The third-order valence-electron chi connectivity index (χ3n) is 13.6. The Balaban J connectivity index is 1.41. The van der Waals surface area contributed by atoms with Crippen LogP contribution in [0.15, 0.2) is 57.8 Å². The molecule has 2 aliphatic rings.